The molecular formula is C13H21BrN2S. The molecule has 1 aromatic heterocycles. The largest absolute Gasteiger partial charge is 0.311 e. The van der Waals surface area contributed by atoms with Gasteiger partial charge >= 0.3 is 0 Å². The zero-order valence-corrected chi connectivity index (χ0v) is 12.8. The van der Waals surface area contributed by atoms with E-state index in [4.69, 9.17) is 0 Å². The number of nitrogens with zero attached hydrogens (tertiary/aromatic N) is 1. The zero-order valence-electron chi connectivity index (χ0n) is 10.4. The van der Waals surface area contributed by atoms with Crippen molar-refractivity contribution in [2.24, 2.45) is 5.92 Å². The van der Waals surface area contributed by atoms with Crippen LogP contribution in [0.25, 0.3) is 0 Å². The van der Waals surface area contributed by atoms with E-state index in [-0.39, 0.29) is 0 Å². The molecule has 1 aromatic rings. The monoisotopic (exact) mass is 316 g/mol. The number of thiophene rings is 1. The van der Waals surface area contributed by atoms with Gasteiger partial charge in [-0.15, -0.1) is 11.3 Å². The van der Waals surface area contributed by atoms with E-state index in [1.807, 2.05) is 11.3 Å². The maximum atomic E-state index is 3.52. The highest BCUT2D eigenvalue weighted by Crippen LogP contribution is 2.21. The lowest BCUT2D eigenvalue weighted by atomic mass is 9.99. The topological polar surface area (TPSA) is 15.3 Å². The third kappa shape index (κ3) is 4.70. The van der Waals surface area contributed by atoms with Gasteiger partial charge in [0, 0.05) is 24.5 Å². The van der Waals surface area contributed by atoms with E-state index < -0.39 is 0 Å². The lowest BCUT2D eigenvalue weighted by molar-refractivity contribution is 0.193. The summed E-state index contributed by atoms with van der Waals surface area (Å²) in [5, 5.41) is 3.52. The smallest absolute Gasteiger partial charge is 0.0701 e. The molecule has 1 fully saturated rings. The Morgan fingerprint density at radius 3 is 2.82 bits per heavy atom. The molecule has 1 N–H and O–H groups in total. The molecule has 0 amide bonds. The molecule has 2 nitrogen and oxygen atoms in total. The van der Waals surface area contributed by atoms with Crippen molar-refractivity contribution in [3.05, 3.63) is 20.8 Å². The van der Waals surface area contributed by atoms with Crippen LogP contribution in [0, 0.1) is 5.92 Å². The molecular weight excluding hydrogens is 296 g/mol. The van der Waals surface area contributed by atoms with Gasteiger partial charge in [-0.2, -0.15) is 0 Å². The van der Waals surface area contributed by atoms with E-state index in [1.54, 1.807) is 0 Å². The van der Waals surface area contributed by atoms with Crippen LogP contribution in [0.2, 0.25) is 0 Å². The van der Waals surface area contributed by atoms with E-state index in [0.29, 0.717) is 0 Å². The molecule has 1 aliphatic rings. The number of nitrogens with one attached hydrogen (secondary N) is 1. The first-order chi connectivity index (χ1) is 8.24. The molecule has 2 rings (SSSR count). The van der Waals surface area contributed by atoms with Crippen LogP contribution >= 0.6 is 27.3 Å². The maximum Gasteiger partial charge on any atom is 0.0701 e. The van der Waals surface area contributed by atoms with Crippen molar-refractivity contribution >= 4 is 27.3 Å². The van der Waals surface area contributed by atoms with Crippen molar-refractivity contribution in [1.82, 2.24) is 10.2 Å². The van der Waals surface area contributed by atoms with E-state index in [0.717, 1.165) is 19.0 Å². The summed E-state index contributed by atoms with van der Waals surface area (Å²) < 4.78 is 1.22. The van der Waals surface area contributed by atoms with Crippen LogP contribution in [0.1, 0.15) is 24.6 Å². The standard InChI is InChI=1S/C13H21BrN2S/c1-11-4-7-16(8-5-11)9-6-15-10-12-2-3-13(14)17-12/h2-3,11,15H,4-10H2,1H3. The Hall–Kier alpha value is 0.1000. The molecule has 17 heavy (non-hydrogen) atoms. The van der Waals surface area contributed by atoms with Crippen molar-refractivity contribution < 1.29 is 0 Å². The summed E-state index contributed by atoms with van der Waals surface area (Å²) in [5.74, 6) is 0.933. The quantitative estimate of drug-likeness (QED) is 0.838. The zero-order chi connectivity index (χ0) is 12.1. The normalized spacial score (nSPS) is 18.7. The van der Waals surface area contributed by atoms with Gasteiger partial charge in [-0.05, 0) is 59.9 Å². The Bertz CT molecular complexity index is 332. The molecule has 2 heterocycles. The van der Waals surface area contributed by atoms with Crippen molar-refractivity contribution in [2.45, 2.75) is 26.3 Å². The van der Waals surface area contributed by atoms with Crippen LogP contribution < -0.4 is 5.32 Å². The van der Waals surface area contributed by atoms with Gasteiger partial charge in [-0.1, -0.05) is 6.92 Å². The van der Waals surface area contributed by atoms with E-state index in [1.165, 1.54) is 41.1 Å². The van der Waals surface area contributed by atoms with Gasteiger partial charge in [0.05, 0.1) is 3.79 Å². The Kier molecular flexibility index (Phi) is 5.48. The van der Waals surface area contributed by atoms with Crippen LogP contribution in [0.3, 0.4) is 0 Å². The lowest BCUT2D eigenvalue weighted by Crippen LogP contribution is -2.37. The first kappa shape index (κ1) is 13.5. The average Bonchev–Trinajstić information content (AvgIpc) is 2.73. The van der Waals surface area contributed by atoms with Crippen LogP contribution in [0.15, 0.2) is 15.9 Å². The van der Waals surface area contributed by atoms with Crippen molar-refractivity contribution in [3.63, 3.8) is 0 Å². The molecule has 4 heteroatoms. The highest BCUT2D eigenvalue weighted by Gasteiger charge is 2.14. The molecule has 0 saturated carbocycles. The minimum absolute atomic E-state index is 0.933. The molecule has 0 aliphatic carbocycles. The molecule has 96 valence electrons. The summed E-state index contributed by atoms with van der Waals surface area (Å²) in [5.41, 5.74) is 0. The summed E-state index contributed by atoms with van der Waals surface area (Å²) >= 11 is 5.31. The van der Waals surface area contributed by atoms with E-state index in [2.05, 4.69) is 45.2 Å². The number of hydrogen-bond donors (Lipinski definition) is 1. The van der Waals surface area contributed by atoms with Gasteiger partial charge in [0.2, 0.25) is 0 Å². The molecule has 0 spiro atoms. The molecule has 0 atom stereocenters. The minimum atomic E-state index is 0.933. The first-order valence-corrected chi connectivity index (χ1v) is 8.02. The SMILES string of the molecule is CC1CCN(CCNCc2ccc(Br)s2)CC1. The van der Waals surface area contributed by atoms with Gasteiger partial charge in [0.15, 0.2) is 0 Å². The average molecular weight is 317 g/mol. The Balaban J connectivity index is 1.57. The van der Waals surface area contributed by atoms with Gasteiger partial charge in [-0.3, -0.25) is 0 Å². The van der Waals surface area contributed by atoms with Crippen molar-refractivity contribution in [1.29, 1.82) is 0 Å². The van der Waals surface area contributed by atoms with Gasteiger partial charge in [0.1, 0.15) is 0 Å². The van der Waals surface area contributed by atoms with Crippen LogP contribution in [0.4, 0.5) is 0 Å². The molecule has 0 radical (unpaired) electrons. The highest BCUT2D eigenvalue weighted by atomic mass is 79.9. The first-order valence-electron chi connectivity index (χ1n) is 6.41. The number of hydrogen-bond acceptors (Lipinski definition) is 3. The Morgan fingerprint density at radius 2 is 2.18 bits per heavy atom. The molecule has 1 saturated heterocycles. The second kappa shape index (κ2) is 6.88. The van der Waals surface area contributed by atoms with E-state index in [9.17, 15) is 0 Å². The van der Waals surface area contributed by atoms with Gasteiger partial charge in [-0.25, -0.2) is 0 Å². The lowest BCUT2D eigenvalue weighted by Gasteiger charge is -2.30. The summed E-state index contributed by atoms with van der Waals surface area (Å²) in [6.45, 7) is 8.23. The number of likely N-dealkylation sites (tertiary alicyclic amines) is 1. The number of halogens is 1. The maximum absolute atomic E-state index is 3.52. The summed E-state index contributed by atoms with van der Waals surface area (Å²) in [6.07, 6.45) is 2.75. The van der Waals surface area contributed by atoms with Crippen LogP contribution in [-0.2, 0) is 6.54 Å². The van der Waals surface area contributed by atoms with Gasteiger partial charge < -0.3 is 10.2 Å². The van der Waals surface area contributed by atoms with Crippen molar-refractivity contribution in [2.75, 3.05) is 26.2 Å². The molecule has 0 bridgehead atoms. The highest BCUT2D eigenvalue weighted by molar-refractivity contribution is 9.11. The van der Waals surface area contributed by atoms with E-state index >= 15 is 0 Å². The number of rotatable bonds is 5. The van der Waals surface area contributed by atoms with Crippen LogP contribution in [0.5, 0.6) is 0 Å². The van der Waals surface area contributed by atoms with Crippen LogP contribution in [-0.4, -0.2) is 31.1 Å². The fourth-order valence-corrected chi connectivity index (χ4v) is 3.63. The fraction of sp³-hybridized carbons (Fsp3) is 0.692. The predicted molar refractivity (Wildman–Crippen MR) is 78.6 cm³/mol. The third-order valence-corrected chi connectivity index (χ3v) is 5.03. The Labute approximate surface area is 117 Å². The summed E-state index contributed by atoms with van der Waals surface area (Å²) in [6, 6.07) is 4.30. The minimum Gasteiger partial charge on any atom is -0.311 e. The number of piperidine rings is 1. The molecule has 0 unspecified atom stereocenters. The van der Waals surface area contributed by atoms with Gasteiger partial charge in [0.25, 0.3) is 0 Å². The Morgan fingerprint density at radius 1 is 1.41 bits per heavy atom. The van der Waals surface area contributed by atoms with Crippen molar-refractivity contribution in [3.8, 4) is 0 Å². The second-order valence-electron chi connectivity index (χ2n) is 4.91. The third-order valence-electron chi connectivity index (χ3n) is 3.41. The summed E-state index contributed by atoms with van der Waals surface area (Å²) in [4.78, 5) is 3.99. The second-order valence-corrected chi connectivity index (χ2v) is 7.45. The predicted octanol–water partition coefficient (Wildman–Crippen LogP) is 3.33. The fourth-order valence-electron chi connectivity index (χ4n) is 2.18. The molecule has 1 aliphatic heterocycles. The molecule has 0 aromatic carbocycles. The summed E-state index contributed by atoms with van der Waals surface area (Å²) in [7, 11) is 0.